The summed E-state index contributed by atoms with van der Waals surface area (Å²) in [4.78, 5) is 0. The average molecular weight is 761 g/mol. The molecule has 0 aromatic carbocycles. The fourth-order valence-corrected chi connectivity index (χ4v) is 0.545. The molecule has 0 radical (unpaired) electrons. The van der Waals surface area contributed by atoms with Gasteiger partial charge in [-0.3, -0.25) is 26.3 Å². The van der Waals surface area contributed by atoms with Crippen LogP contribution in [0.4, 0.5) is 105 Å². The van der Waals surface area contributed by atoms with Crippen LogP contribution in [0.3, 0.4) is 0 Å². The lowest BCUT2D eigenvalue weighted by molar-refractivity contribution is -0.227. The summed E-state index contributed by atoms with van der Waals surface area (Å²) < 4.78 is 261. The maximum Gasteiger partial charge on any atom is 0.424 e. The molecule has 0 nitrogen and oxygen atoms in total. The minimum atomic E-state index is -5.10. The van der Waals surface area contributed by atoms with Crippen LogP contribution in [0.1, 0.15) is 41.0 Å². The van der Waals surface area contributed by atoms with E-state index in [2.05, 4.69) is 0 Å². The average Bonchev–Trinajstić information content (AvgIpc) is 2.92. The standard InChI is InChI=1S/3C4H5F5.C3H5F3.C2H5F.5CH3F/c1-3(6,7)4(8,9)2-5;1-3(6,2-5)4(7,8)9;1-3(5,6)2-4(7,8)9;1-3(5,6)2-4;1-2-3;5*1-2/h3*2H2,1H3;2H2,1H3;2H2,1H3;5*1H3. The molecule has 0 aromatic rings. The van der Waals surface area contributed by atoms with Gasteiger partial charge in [-0.2, -0.15) is 35.1 Å². The van der Waals surface area contributed by atoms with Crippen molar-refractivity contribution in [3.8, 4) is 0 Å². The van der Waals surface area contributed by atoms with E-state index in [4.69, 9.17) is 0 Å². The Balaban J connectivity index is -0.0000000420. The fraction of sp³-hybridized carbons (Fsp3) is 1.00. The molecule has 0 fully saturated rings. The Bertz CT molecular complexity index is 475. The van der Waals surface area contributed by atoms with Crippen molar-refractivity contribution in [1.82, 2.24) is 0 Å². The van der Waals surface area contributed by atoms with Crippen molar-refractivity contribution < 1.29 is 105 Å². The molecule has 0 N–H and O–H groups in total. The van der Waals surface area contributed by atoms with Crippen molar-refractivity contribution in [2.45, 2.75) is 82.8 Å². The highest BCUT2D eigenvalue weighted by Gasteiger charge is 2.53. The van der Waals surface area contributed by atoms with Gasteiger partial charge in [-0.05, 0) is 20.8 Å². The minimum absolute atomic E-state index is 0.0213. The third kappa shape index (κ3) is 73.7. The molecule has 1 atom stereocenters. The molecule has 0 heterocycles. The molecule has 0 aromatic heterocycles. The quantitative estimate of drug-likeness (QED) is 0.245. The van der Waals surface area contributed by atoms with Gasteiger partial charge < -0.3 is 0 Å². The lowest BCUT2D eigenvalue weighted by Gasteiger charge is -2.19. The van der Waals surface area contributed by atoms with Crippen LogP contribution in [0.25, 0.3) is 0 Å². The summed E-state index contributed by atoms with van der Waals surface area (Å²) >= 11 is 0. The fourth-order valence-electron chi connectivity index (χ4n) is 0.545. The molecule has 0 bridgehead atoms. The van der Waals surface area contributed by atoms with Gasteiger partial charge in [-0.15, -0.1) is 0 Å². The Hall–Kier alpha value is -1.68. The number of alkyl halides is 24. The van der Waals surface area contributed by atoms with E-state index in [1.807, 2.05) is 0 Å². The van der Waals surface area contributed by atoms with E-state index in [0.29, 0.717) is 42.8 Å². The van der Waals surface area contributed by atoms with E-state index < -0.39 is 68.2 Å². The first kappa shape index (κ1) is 70.6. The molecule has 46 heavy (non-hydrogen) atoms. The van der Waals surface area contributed by atoms with E-state index in [-0.39, 0.29) is 27.4 Å². The second-order valence-corrected chi connectivity index (χ2v) is 6.89. The SMILES string of the molecule is CC(F)(CF)C(F)(F)F.CC(F)(F)C(F)(F)CF.CC(F)(F)CC(F)(F)F.CC(F)(F)CF.CCF.CF.CF.CF.CF.CF. The molecular formula is C22H40F24. The summed E-state index contributed by atoms with van der Waals surface area (Å²) in [6, 6.07) is 0. The number of hydrogen-bond donors (Lipinski definition) is 0. The second-order valence-electron chi connectivity index (χ2n) is 6.89. The van der Waals surface area contributed by atoms with Gasteiger partial charge in [0.1, 0.15) is 13.1 Å². The van der Waals surface area contributed by atoms with E-state index in [1.165, 1.54) is 6.92 Å². The zero-order valence-electron chi connectivity index (χ0n) is 26.1. The Morgan fingerprint density at radius 3 is 0.609 bits per heavy atom. The molecule has 0 amide bonds. The van der Waals surface area contributed by atoms with Crippen molar-refractivity contribution in [2.75, 3.05) is 62.6 Å². The number of rotatable bonds is 5. The third-order valence-electron chi connectivity index (χ3n) is 2.40. The molecule has 0 saturated carbocycles. The van der Waals surface area contributed by atoms with E-state index in [1.54, 1.807) is 0 Å². The molecule has 0 aliphatic carbocycles. The van der Waals surface area contributed by atoms with Crippen LogP contribution in [-0.2, 0) is 0 Å². The van der Waals surface area contributed by atoms with Crippen LogP contribution in [0.2, 0.25) is 0 Å². The molecule has 0 aliphatic heterocycles. The van der Waals surface area contributed by atoms with E-state index in [0.717, 1.165) is 0 Å². The highest BCUT2D eigenvalue weighted by molar-refractivity contribution is 4.80. The van der Waals surface area contributed by atoms with E-state index >= 15 is 0 Å². The highest BCUT2D eigenvalue weighted by atomic mass is 19.4. The van der Waals surface area contributed by atoms with Gasteiger partial charge in [-0.1, -0.05) is 0 Å². The third-order valence-corrected chi connectivity index (χ3v) is 2.40. The summed E-state index contributed by atoms with van der Waals surface area (Å²) in [6.07, 6.45) is -11.9. The summed E-state index contributed by atoms with van der Waals surface area (Å²) in [6.45, 7) is -3.80. The molecule has 0 rings (SSSR count). The van der Waals surface area contributed by atoms with Crippen LogP contribution < -0.4 is 0 Å². The molecule has 0 saturated heterocycles. The monoisotopic (exact) mass is 760 g/mol. The maximum absolute atomic E-state index is 11.8. The molecular weight excluding hydrogens is 720 g/mol. The van der Waals surface area contributed by atoms with Crippen molar-refractivity contribution in [3.05, 3.63) is 0 Å². The minimum Gasteiger partial charge on any atom is -0.255 e. The smallest absolute Gasteiger partial charge is 0.255 e. The summed E-state index contributed by atoms with van der Waals surface area (Å²) in [7, 11) is 2.50. The van der Waals surface area contributed by atoms with Crippen LogP contribution >= 0.6 is 0 Å². The first-order chi connectivity index (χ1) is 20.3. The topological polar surface area (TPSA) is 0 Å². The summed E-state index contributed by atoms with van der Waals surface area (Å²) in [5.74, 6) is -15.5. The van der Waals surface area contributed by atoms with E-state index in [9.17, 15) is 105 Å². The van der Waals surface area contributed by atoms with Crippen LogP contribution in [0, 0.1) is 0 Å². The molecule has 0 spiro atoms. The highest BCUT2D eigenvalue weighted by Crippen LogP contribution is 2.34. The second kappa shape index (κ2) is 37.8. The van der Waals surface area contributed by atoms with Crippen molar-refractivity contribution in [2.24, 2.45) is 0 Å². The zero-order valence-corrected chi connectivity index (χ0v) is 26.1. The number of hydrogen-bond acceptors (Lipinski definition) is 0. The van der Waals surface area contributed by atoms with Gasteiger partial charge in [0.15, 0.2) is 13.3 Å². The van der Waals surface area contributed by atoms with Gasteiger partial charge in [0.2, 0.25) is 5.67 Å². The van der Waals surface area contributed by atoms with Gasteiger partial charge in [-0.25, -0.2) is 43.9 Å². The Morgan fingerprint density at radius 1 is 0.391 bits per heavy atom. The van der Waals surface area contributed by atoms with Crippen LogP contribution in [-0.4, -0.2) is 104 Å². The molecule has 1 unspecified atom stereocenters. The normalized spacial score (nSPS) is 11.9. The molecule has 0 aliphatic rings. The van der Waals surface area contributed by atoms with Crippen molar-refractivity contribution in [3.63, 3.8) is 0 Å². The summed E-state index contributed by atoms with van der Waals surface area (Å²) in [5, 5.41) is 0. The zero-order chi connectivity index (χ0) is 41.0. The van der Waals surface area contributed by atoms with Crippen LogP contribution in [0.15, 0.2) is 0 Å². The molecule has 24 heteroatoms. The largest absolute Gasteiger partial charge is 0.424 e. The lowest BCUT2D eigenvalue weighted by Crippen LogP contribution is -2.39. The van der Waals surface area contributed by atoms with Gasteiger partial charge in [0, 0.05) is 13.8 Å². The van der Waals surface area contributed by atoms with Gasteiger partial charge in [0.05, 0.1) is 42.6 Å². The Morgan fingerprint density at radius 2 is 0.609 bits per heavy atom. The maximum atomic E-state index is 11.8. The van der Waals surface area contributed by atoms with Crippen LogP contribution in [0.5, 0.6) is 0 Å². The molecule has 296 valence electrons. The lowest BCUT2D eigenvalue weighted by atomic mass is 10.1. The Labute approximate surface area is 251 Å². The summed E-state index contributed by atoms with van der Waals surface area (Å²) in [5.41, 5.74) is -3.69. The predicted molar refractivity (Wildman–Crippen MR) is 128 cm³/mol. The van der Waals surface area contributed by atoms with Gasteiger partial charge in [0.25, 0.3) is 11.8 Å². The first-order valence-corrected chi connectivity index (χ1v) is 10.8. The predicted octanol–water partition coefficient (Wildman–Crippen LogP) is 12.6. The first-order valence-electron chi connectivity index (χ1n) is 10.8. The van der Waals surface area contributed by atoms with Crippen molar-refractivity contribution in [1.29, 1.82) is 0 Å². The van der Waals surface area contributed by atoms with Crippen molar-refractivity contribution >= 4 is 0 Å². The number of halogens is 24. The Kier molecular flexibility index (Phi) is 58.0. The van der Waals surface area contributed by atoms with Gasteiger partial charge >= 0.3 is 24.2 Å².